The number of aryl methyl sites for hydroxylation is 1. The second-order valence-corrected chi connectivity index (χ2v) is 8.90. The molecule has 0 aromatic carbocycles. The molecule has 1 saturated heterocycles. The van der Waals surface area contributed by atoms with Gasteiger partial charge in [0.2, 0.25) is 0 Å². The highest BCUT2D eigenvalue weighted by Crippen LogP contribution is 2.21. The number of hydrogen-bond acceptors (Lipinski definition) is 7. The number of likely N-dealkylation sites (N-methyl/N-ethyl adjacent to an activating group) is 1. The highest BCUT2D eigenvalue weighted by atomic mass is 32.2. The normalized spacial score (nSPS) is 19.4. The summed E-state index contributed by atoms with van der Waals surface area (Å²) < 4.78 is 33.1. The average molecular weight is 400 g/mol. The molecule has 1 amide bonds. The molecule has 27 heavy (non-hydrogen) atoms. The number of esters is 2. The minimum Gasteiger partial charge on any atom is -0.465 e. The van der Waals surface area contributed by atoms with E-state index in [1.165, 1.54) is 26.0 Å². The first-order valence-corrected chi connectivity index (χ1v) is 10.3. The van der Waals surface area contributed by atoms with Crippen molar-refractivity contribution in [3.63, 3.8) is 0 Å². The Bertz CT molecular complexity index is 872. The van der Waals surface area contributed by atoms with Crippen LogP contribution in [0.5, 0.6) is 0 Å². The van der Waals surface area contributed by atoms with Crippen molar-refractivity contribution >= 4 is 27.7 Å². The van der Waals surface area contributed by atoms with E-state index in [2.05, 4.69) is 4.98 Å². The Balaban J connectivity index is 2.09. The SMILES string of the molecule is COC(=O)c1c(C)[nH]c(C(=O)OC(C)C(=O)N(C)C2CCS(=O)(=O)C2)c1C. The molecule has 1 N–H and O–H groups in total. The van der Waals surface area contributed by atoms with Gasteiger partial charge in [0.1, 0.15) is 5.69 Å². The molecule has 2 rings (SSSR count). The Labute approximate surface area is 157 Å². The van der Waals surface area contributed by atoms with Crippen LogP contribution in [0.2, 0.25) is 0 Å². The zero-order chi connectivity index (χ0) is 20.5. The van der Waals surface area contributed by atoms with Crippen LogP contribution in [0.15, 0.2) is 0 Å². The van der Waals surface area contributed by atoms with Crippen LogP contribution >= 0.6 is 0 Å². The van der Waals surface area contributed by atoms with Crippen molar-refractivity contribution in [2.75, 3.05) is 25.7 Å². The molecular formula is C17H24N2O7S. The highest BCUT2D eigenvalue weighted by molar-refractivity contribution is 7.91. The lowest BCUT2D eigenvalue weighted by molar-refractivity contribution is -0.140. The van der Waals surface area contributed by atoms with Crippen LogP contribution in [-0.4, -0.2) is 74.0 Å². The van der Waals surface area contributed by atoms with Crippen LogP contribution in [0, 0.1) is 13.8 Å². The molecule has 9 nitrogen and oxygen atoms in total. The van der Waals surface area contributed by atoms with E-state index in [-0.39, 0.29) is 22.8 Å². The number of nitrogens with zero attached hydrogens (tertiary/aromatic N) is 1. The Morgan fingerprint density at radius 2 is 1.85 bits per heavy atom. The lowest BCUT2D eigenvalue weighted by atomic mass is 10.1. The van der Waals surface area contributed by atoms with E-state index < -0.39 is 39.8 Å². The van der Waals surface area contributed by atoms with Gasteiger partial charge in [0.15, 0.2) is 15.9 Å². The van der Waals surface area contributed by atoms with Crippen molar-refractivity contribution in [2.24, 2.45) is 0 Å². The summed E-state index contributed by atoms with van der Waals surface area (Å²) in [6, 6.07) is -0.427. The number of aromatic nitrogens is 1. The minimum absolute atomic E-state index is 0.0424. The predicted molar refractivity (Wildman–Crippen MR) is 96.3 cm³/mol. The van der Waals surface area contributed by atoms with E-state index >= 15 is 0 Å². The number of amides is 1. The first kappa shape index (κ1) is 20.9. The minimum atomic E-state index is -3.13. The molecule has 1 aliphatic rings. The quantitative estimate of drug-likeness (QED) is 0.718. The third kappa shape index (κ3) is 4.32. The van der Waals surface area contributed by atoms with Gasteiger partial charge in [-0.15, -0.1) is 0 Å². The molecular weight excluding hydrogens is 376 g/mol. The summed E-state index contributed by atoms with van der Waals surface area (Å²) in [5.41, 5.74) is 1.15. The van der Waals surface area contributed by atoms with Gasteiger partial charge >= 0.3 is 11.9 Å². The first-order valence-electron chi connectivity index (χ1n) is 8.44. The van der Waals surface area contributed by atoms with Crippen molar-refractivity contribution in [1.29, 1.82) is 0 Å². The van der Waals surface area contributed by atoms with Crippen LogP contribution in [0.25, 0.3) is 0 Å². The molecule has 10 heteroatoms. The van der Waals surface area contributed by atoms with Crippen LogP contribution < -0.4 is 0 Å². The second-order valence-electron chi connectivity index (χ2n) is 6.67. The van der Waals surface area contributed by atoms with Crippen LogP contribution in [0.4, 0.5) is 0 Å². The Morgan fingerprint density at radius 3 is 2.37 bits per heavy atom. The maximum Gasteiger partial charge on any atom is 0.355 e. The van der Waals surface area contributed by atoms with Crippen molar-refractivity contribution in [3.8, 4) is 0 Å². The Morgan fingerprint density at radius 1 is 1.22 bits per heavy atom. The number of aromatic amines is 1. The summed E-state index contributed by atoms with van der Waals surface area (Å²) in [6.07, 6.45) is -0.738. The van der Waals surface area contributed by atoms with Gasteiger partial charge in [-0.05, 0) is 32.8 Å². The number of carbonyl (C=O) groups excluding carboxylic acids is 3. The summed E-state index contributed by atoms with van der Waals surface area (Å²) in [7, 11) is -0.395. The number of H-pyrrole nitrogens is 1. The number of nitrogens with one attached hydrogen (secondary N) is 1. The zero-order valence-corrected chi connectivity index (χ0v) is 16.8. The molecule has 0 aliphatic carbocycles. The Kier molecular flexibility index (Phi) is 5.98. The first-order chi connectivity index (χ1) is 12.5. The number of sulfone groups is 1. The number of carbonyl (C=O) groups is 3. The molecule has 1 fully saturated rings. The largest absolute Gasteiger partial charge is 0.465 e. The van der Waals surface area contributed by atoms with Crippen molar-refractivity contribution in [3.05, 3.63) is 22.5 Å². The molecule has 1 aliphatic heterocycles. The number of ether oxygens (including phenoxy) is 2. The lowest BCUT2D eigenvalue weighted by Gasteiger charge is -2.26. The summed E-state index contributed by atoms with van der Waals surface area (Å²) in [5, 5.41) is 0. The molecule has 2 atom stereocenters. The Hall–Kier alpha value is -2.36. The number of methoxy groups -OCH3 is 1. The third-order valence-electron chi connectivity index (χ3n) is 4.77. The molecule has 0 bridgehead atoms. The third-order valence-corrected chi connectivity index (χ3v) is 6.52. The van der Waals surface area contributed by atoms with Gasteiger partial charge < -0.3 is 19.4 Å². The van der Waals surface area contributed by atoms with Crippen molar-refractivity contribution < 1.29 is 32.3 Å². The summed E-state index contributed by atoms with van der Waals surface area (Å²) in [5.74, 6) is -1.89. The van der Waals surface area contributed by atoms with Gasteiger partial charge in [-0.25, -0.2) is 18.0 Å². The number of hydrogen-bond donors (Lipinski definition) is 1. The number of rotatable bonds is 5. The summed E-state index contributed by atoms with van der Waals surface area (Å²) in [4.78, 5) is 40.8. The van der Waals surface area contributed by atoms with Crippen LogP contribution in [0.3, 0.4) is 0 Å². The standard InChI is InChI=1S/C17H24N2O7S/c1-9-13(16(21)25-5)10(2)18-14(9)17(22)26-11(3)15(20)19(4)12-6-7-27(23,24)8-12/h11-12,18H,6-8H2,1-5H3. The molecule has 150 valence electrons. The average Bonchev–Trinajstić information content (AvgIpc) is 3.11. The van der Waals surface area contributed by atoms with E-state index in [4.69, 9.17) is 9.47 Å². The maximum absolute atomic E-state index is 12.5. The molecule has 1 aromatic heterocycles. The highest BCUT2D eigenvalue weighted by Gasteiger charge is 2.35. The molecule has 1 aromatic rings. The molecule has 2 heterocycles. The van der Waals surface area contributed by atoms with E-state index in [0.29, 0.717) is 17.7 Å². The fraction of sp³-hybridized carbons (Fsp3) is 0.588. The topological polar surface area (TPSA) is 123 Å². The van der Waals surface area contributed by atoms with E-state index in [0.717, 1.165) is 0 Å². The van der Waals surface area contributed by atoms with Gasteiger partial charge in [-0.2, -0.15) is 0 Å². The zero-order valence-electron chi connectivity index (χ0n) is 16.0. The summed E-state index contributed by atoms with van der Waals surface area (Å²) >= 11 is 0. The summed E-state index contributed by atoms with van der Waals surface area (Å²) in [6.45, 7) is 4.62. The monoisotopic (exact) mass is 400 g/mol. The van der Waals surface area contributed by atoms with E-state index in [1.807, 2.05) is 0 Å². The van der Waals surface area contributed by atoms with E-state index in [9.17, 15) is 22.8 Å². The molecule has 0 radical (unpaired) electrons. The van der Waals surface area contributed by atoms with Crippen LogP contribution in [0.1, 0.15) is 45.4 Å². The molecule has 0 spiro atoms. The fourth-order valence-electron chi connectivity index (χ4n) is 3.18. The van der Waals surface area contributed by atoms with Gasteiger partial charge in [0.25, 0.3) is 5.91 Å². The van der Waals surface area contributed by atoms with Gasteiger partial charge in [0, 0.05) is 18.8 Å². The van der Waals surface area contributed by atoms with Gasteiger partial charge in [0.05, 0.1) is 24.2 Å². The maximum atomic E-state index is 12.5. The lowest BCUT2D eigenvalue weighted by Crippen LogP contribution is -2.44. The smallest absolute Gasteiger partial charge is 0.355 e. The van der Waals surface area contributed by atoms with Crippen molar-refractivity contribution in [2.45, 2.75) is 39.3 Å². The van der Waals surface area contributed by atoms with Crippen LogP contribution in [-0.2, 0) is 24.1 Å². The predicted octanol–water partition coefficient (Wildman–Crippen LogP) is 0.609. The van der Waals surface area contributed by atoms with Gasteiger partial charge in [-0.1, -0.05) is 0 Å². The van der Waals surface area contributed by atoms with Crippen molar-refractivity contribution in [1.82, 2.24) is 9.88 Å². The van der Waals surface area contributed by atoms with E-state index in [1.54, 1.807) is 13.8 Å². The van der Waals surface area contributed by atoms with Gasteiger partial charge in [-0.3, -0.25) is 4.79 Å². The fourth-order valence-corrected chi connectivity index (χ4v) is 4.95. The second kappa shape index (κ2) is 7.71. The molecule has 2 unspecified atom stereocenters. The molecule has 0 saturated carbocycles.